The highest BCUT2D eigenvalue weighted by atomic mass is 32.1. The largest absolute Gasteiger partial charge is 0.387 e. The number of nitrogens with zero attached hydrogens (tertiary/aromatic N) is 2. The average Bonchev–Trinajstić information content (AvgIpc) is 2.96. The van der Waals surface area contributed by atoms with Gasteiger partial charge in [0.15, 0.2) is 4.96 Å². The summed E-state index contributed by atoms with van der Waals surface area (Å²) in [6.07, 6.45) is 1.42. The van der Waals surface area contributed by atoms with Crippen molar-refractivity contribution in [1.29, 1.82) is 0 Å². The lowest BCUT2D eigenvalue weighted by atomic mass is 10.1. The Morgan fingerprint density at radius 1 is 1.32 bits per heavy atom. The average molecular weight is 319 g/mol. The summed E-state index contributed by atoms with van der Waals surface area (Å²) in [6, 6.07) is 5.92. The van der Waals surface area contributed by atoms with Gasteiger partial charge < -0.3 is 10.4 Å². The quantitative estimate of drug-likeness (QED) is 0.760. The lowest BCUT2D eigenvalue weighted by Crippen LogP contribution is -2.22. The minimum absolute atomic E-state index is 0.297. The van der Waals surface area contributed by atoms with Crippen LogP contribution in [0.3, 0.4) is 0 Å². The molecule has 2 aromatic heterocycles. The molecule has 1 unspecified atom stereocenters. The molecule has 0 saturated carbocycles. The third kappa shape index (κ3) is 3.04. The molecule has 1 atom stereocenters. The van der Waals surface area contributed by atoms with Crippen molar-refractivity contribution < 1.29 is 9.50 Å². The fourth-order valence-electron chi connectivity index (χ4n) is 2.45. The van der Waals surface area contributed by atoms with Crippen LogP contribution in [0.4, 0.5) is 4.39 Å². The van der Waals surface area contributed by atoms with Crippen molar-refractivity contribution in [2.24, 2.45) is 0 Å². The van der Waals surface area contributed by atoms with Gasteiger partial charge in [-0.2, -0.15) is 0 Å². The van der Waals surface area contributed by atoms with Gasteiger partial charge in [-0.15, -0.1) is 11.3 Å². The number of hydrogen-bond acceptors (Lipinski definition) is 4. The van der Waals surface area contributed by atoms with Crippen molar-refractivity contribution in [3.63, 3.8) is 0 Å². The van der Waals surface area contributed by atoms with Crippen LogP contribution in [0.1, 0.15) is 27.9 Å². The second-order valence-electron chi connectivity index (χ2n) is 5.34. The number of aryl methyl sites for hydroxylation is 2. The van der Waals surface area contributed by atoms with Gasteiger partial charge in [-0.1, -0.05) is 12.1 Å². The number of halogens is 1. The first kappa shape index (κ1) is 15.1. The molecule has 0 amide bonds. The zero-order valence-corrected chi connectivity index (χ0v) is 13.3. The predicted octanol–water partition coefficient (Wildman–Crippen LogP) is 2.97. The molecule has 3 rings (SSSR count). The van der Waals surface area contributed by atoms with Crippen molar-refractivity contribution in [3.8, 4) is 0 Å². The molecule has 0 fully saturated rings. The van der Waals surface area contributed by atoms with Gasteiger partial charge in [0.1, 0.15) is 5.82 Å². The molecule has 0 aliphatic heterocycles. The number of fused-ring (bicyclic) bond motifs is 1. The molecule has 0 bridgehead atoms. The molecule has 116 valence electrons. The normalized spacial score (nSPS) is 12.9. The number of aliphatic hydroxyl groups is 1. The van der Waals surface area contributed by atoms with Gasteiger partial charge in [-0.25, -0.2) is 9.37 Å². The highest BCUT2D eigenvalue weighted by Crippen LogP contribution is 2.20. The van der Waals surface area contributed by atoms with E-state index < -0.39 is 6.10 Å². The van der Waals surface area contributed by atoms with E-state index in [0.29, 0.717) is 18.7 Å². The summed E-state index contributed by atoms with van der Waals surface area (Å²) in [5, 5.41) is 13.4. The van der Waals surface area contributed by atoms with Gasteiger partial charge in [0.05, 0.1) is 17.5 Å². The van der Waals surface area contributed by atoms with E-state index >= 15 is 0 Å². The molecule has 0 aliphatic carbocycles. The van der Waals surface area contributed by atoms with E-state index in [1.165, 1.54) is 17.0 Å². The van der Waals surface area contributed by atoms with Gasteiger partial charge in [0, 0.05) is 24.2 Å². The standard InChI is InChI=1S/C16H18FN3OS/c1-10-9-20-14(11(2)19-16(20)22-10)7-18-8-15(21)12-3-5-13(17)6-4-12/h3-6,9,15,18,21H,7-8H2,1-2H3. The molecule has 0 saturated heterocycles. The minimum Gasteiger partial charge on any atom is -0.387 e. The Balaban J connectivity index is 1.64. The Hall–Kier alpha value is -1.76. The van der Waals surface area contributed by atoms with E-state index in [0.717, 1.165) is 16.3 Å². The van der Waals surface area contributed by atoms with Crippen LogP contribution in [0.2, 0.25) is 0 Å². The summed E-state index contributed by atoms with van der Waals surface area (Å²) in [7, 11) is 0. The summed E-state index contributed by atoms with van der Waals surface area (Å²) < 4.78 is 15.0. The van der Waals surface area contributed by atoms with Crippen molar-refractivity contribution in [2.45, 2.75) is 26.5 Å². The highest BCUT2D eigenvalue weighted by Gasteiger charge is 2.12. The number of hydrogen-bond donors (Lipinski definition) is 2. The third-order valence-electron chi connectivity index (χ3n) is 3.63. The zero-order chi connectivity index (χ0) is 15.7. The van der Waals surface area contributed by atoms with E-state index in [-0.39, 0.29) is 5.82 Å². The molecule has 4 nitrogen and oxygen atoms in total. The van der Waals surface area contributed by atoms with Crippen LogP contribution < -0.4 is 5.32 Å². The molecule has 0 spiro atoms. The second-order valence-corrected chi connectivity index (χ2v) is 6.55. The first-order valence-electron chi connectivity index (χ1n) is 7.13. The van der Waals surface area contributed by atoms with Crippen LogP contribution in [0.25, 0.3) is 4.96 Å². The van der Waals surface area contributed by atoms with E-state index in [4.69, 9.17) is 0 Å². The van der Waals surface area contributed by atoms with Crippen molar-refractivity contribution in [3.05, 3.63) is 58.1 Å². The van der Waals surface area contributed by atoms with E-state index in [1.54, 1.807) is 23.5 Å². The maximum atomic E-state index is 12.9. The fourth-order valence-corrected chi connectivity index (χ4v) is 3.34. The fraction of sp³-hybridized carbons (Fsp3) is 0.312. The highest BCUT2D eigenvalue weighted by molar-refractivity contribution is 7.17. The maximum Gasteiger partial charge on any atom is 0.194 e. The van der Waals surface area contributed by atoms with E-state index in [9.17, 15) is 9.50 Å². The summed E-state index contributed by atoms with van der Waals surface area (Å²) in [5.74, 6) is -0.297. The molecule has 6 heteroatoms. The number of aromatic nitrogens is 2. The molecular formula is C16H18FN3OS. The van der Waals surface area contributed by atoms with Crippen LogP contribution in [-0.4, -0.2) is 21.0 Å². The number of rotatable bonds is 5. The zero-order valence-electron chi connectivity index (χ0n) is 12.5. The first-order valence-corrected chi connectivity index (χ1v) is 7.94. The van der Waals surface area contributed by atoms with Crippen LogP contribution >= 0.6 is 11.3 Å². The van der Waals surface area contributed by atoms with Crippen molar-refractivity contribution in [1.82, 2.24) is 14.7 Å². The third-order valence-corrected chi connectivity index (χ3v) is 4.52. The van der Waals surface area contributed by atoms with Gasteiger partial charge in [0.25, 0.3) is 0 Å². The lowest BCUT2D eigenvalue weighted by Gasteiger charge is -2.12. The molecule has 3 aromatic rings. The predicted molar refractivity (Wildman–Crippen MR) is 85.6 cm³/mol. The summed E-state index contributed by atoms with van der Waals surface area (Å²) in [4.78, 5) is 6.75. The van der Waals surface area contributed by atoms with Crippen LogP contribution in [-0.2, 0) is 6.54 Å². The summed E-state index contributed by atoms with van der Waals surface area (Å²) in [5.41, 5.74) is 2.80. The molecule has 2 N–H and O–H groups in total. The Morgan fingerprint density at radius 3 is 2.77 bits per heavy atom. The number of nitrogens with one attached hydrogen (secondary N) is 1. The monoisotopic (exact) mass is 319 g/mol. The number of benzene rings is 1. The summed E-state index contributed by atoms with van der Waals surface area (Å²) >= 11 is 1.66. The van der Waals surface area contributed by atoms with Crippen LogP contribution in [0.5, 0.6) is 0 Å². The Bertz CT molecular complexity index is 779. The topological polar surface area (TPSA) is 49.6 Å². The summed E-state index contributed by atoms with van der Waals surface area (Å²) in [6.45, 7) is 5.08. The molecule has 1 aromatic carbocycles. The number of imidazole rings is 1. The number of aliphatic hydroxyl groups excluding tert-OH is 1. The van der Waals surface area contributed by atoms with Crippen molar-refractivity contribution >= 4 is 16.3 Å². The second kappa shape index (κ2) is 6.16. The van der Waals surface area contributed by atoms with E-state index in [2.05, 4.69) is 27.8 Å². The van der Waals surface area contributed by atoms with Gasteiger partial charge >= 0.3 is 0 Å². The molecular weight excluding hydrogens is 301 g/mol. The Labute approximate surface area is 132 Å². The maximum absolute atomic E-state index is 12.9. The molecule has 0 aliphatic rings. The lowest BCUT2D eigenvalue weighted by molar-refractivity contribution is 0.174. The molecule has 2 heterocycles. The van der Waals surface area contributed by atoms with Crippen LogP contribution in [0, 0.1) is 19.7 Å². The Kier molecular flexibility index (Phi) is 4.24. The number of thiazole rings is 1. The van der Waals surface area contributed by atoms with Crippen LogP contribution in [0.15, 0.2) is 30.5 Å². The van der Waals surface area contributed by atoms with Gasteiger partial charge in [-0.3, -0.25) is 4.40 Å². The van der Waals surface area contributed by atoms with Crippen molar-refractivity contribution in [2.75, 3.05) is 6.54 Å². The molecule has 0 radical (unpaired) electrons. The van der Waals surface area contributed by atoms with Gasteiger partial charge in [0.2, 0.25) is 0 Å². The smallest absolute Gasteiger partial charge is 0.194 e. The first-order chi connectivity index (χ1) is 10.5. The SMILES string of the molecule is Cc1cn2c(CNCC(O)c3ccc(F)cc3)c(C)nc2s1. The van der Waals surface area contributed by atoms with Gasteiger partial charge in [-0.05, 0) is 31.5 Å². The Morgan fingerprint density at radius 2 is 2.05 bits per heavy atom. The van der Waals surface area contributed by atoms with E-state index in [1.807, 2.05) is 6.92 Å². The molecule has 22 heavy (non-hydrogen) atoms. The minimum atomic E-state index is -0.659.